The van der Waals surface area contributed by atoms with Crippen molar-refractivity contribution in [2.45, 2.75) is 116 Å². The van der Waals surface area contributed by atoms with Gasteiger partial charge in [0.2, 0.25) is 5.91 Å². The van der Waals surface area contributed by atoms with Crippen molar-refractivity contribution < 1.29 is 34.1 Å². The number of hydrogen-bond donors (Lipinski definition) is 3. The van der Waals surface area contributed by atoms with Gasteiger partial charge < -0.3 is 25.0 Å². The van der Waals surface area contributed by atoms with Gasteiger partial charge >= 0.3 is 11.9 Å². The predicted molar refractivity (Wildman–Crippen MR) is 198 cm³/mol. The molecular formula is C41H59NO7. The first kappa shape index (κ1) is 42.7. The molecule has 0 aliphatic heterocycles. The Morgan fingerprint density at radius 3 is 1.80 bits per heavy atom. The van der Waals surface area contributed by atoms with Gasteiger partial charge in [0.25, 0.3) is 0 Å². The van der Waals surface area contributed by atoms with Gasteiger partial charge in [-0.1, -0.05) is 119 Å². The largest absolute Gasteiger partial charge is 0.504 e. The molecule has 0 heterocycles. The summed E-state index contributed by atoms with van der Waals surface area (Å²) in [4.78, 5) is 37.5. The van der Waals surface area contributed by atoms with E-state index in [4.69, 9.17) is 9.47 Å². The molecule has 0 aliphatic rings. The van der Waals surface area contributed by atoms with E-state index < -0.39 is 12.0 Å². The molecule has 8 nitrogen and oxygen atoms in total. The predicted octanol–water partition coefficient (Wildman–Crippen LogP) is 9.05. The zero-order valence-electron chi connectivity index (χ0n) is 29.7. The Hall–Kier alpha value is -4.33. The number of hydrogen-bond acceptors (Lipinski definition) is 7. The highest BCUT2D eigenvalue weighted by atomic mass is 16.6. The summed E-state index contributed by atoms with van der Waals surface area (Å²) in [7, 11) is 0. The summed E-state index contributed by atoms with van der Waals surface area (Å²) in [5, 5.41) is 22.2. The van der Waals surface area contributed by atoms with Crippen LogP contribution in [0.3, 0.4) is 0 Å². The highest BCUT2D eigenvalue weighted by Gasteiger charge is 2.23. The minimum atomic E-state index is -1.02. The average molecular weight is 678 g/mol. The number of allylic oxidation sites excluding steroid dienone is 12. The zero-order valence-corrected chi connectivity index (χ0v) is 29.7. The smallest absolute Gasteiger partial charge is 0.329 e. The molecule has 8 heteroatoms. The van der Waals surface area contributed by atoms with E-state index in [2.05, 4.69) is 79.9 Å². The summed E-state index contributed by atoms with van der Waals surface area (Å²) in [6.07, 6.45) is 37.3. The number of carbonyl (C=O) groups excluding carboxylic acids is 3. The fourth-order valence-corrected chi connectivity index (χ4v) is 4.59. The fraction of sp³-hybridized carbons (Fsp3) is 0.488. The molecule has 1 rings (SSSR count). The lowest BCUT2D eigenvalue weighted by atomic mass is 10.0. The van der Waals surface area contributed by atoms with Crippen molar-refractivity contribution >= 4 is 17.8 Å². The molecule has 1 aromatic rings. The third-order valence-corrected chi connectivity index (χ3v) is 7.31. The van der Waals surface area contributed by atoms with E-state index in [1.807, 2.05) is 12.2 Å². The van der Waals surface area contributed by atoms with Crippen molar-refractivity contribution in [3.63, 3.8) is 0 Å². The summed E-state index contributed by atoms with van der Waals surface area (Å²) >= 11 is 0. The quantitative estimate of drug-likeness (QED) is 0.0368. The molecule has 0 radical (unpaired) electrons. The summed E-state index contributed by atoms with van der Waals surface area (Å²) in [5.41, 5.74) is 0.531. The number of benzene rings is 1. The van der Waals surface area contributed by atoms with Crippen molar-refractivity contribution in [3.05, 3.63) is 96.7 Å². The first-order valence-corrected chi connectivity index (χ1v) is 17.9. The standard InChI is InChI=1S/C41H59NO7/c1-3-5-7-9-10-11-12-13-14-15-16-17-18-19-20-21-22-24-25-27-39(45)42-36(33-35-29-30-37(43)38(44)34-35)41(47)49-32-31-48-40(46)28-26-23-8-6-4-2/h5,7,10-11,13-14,16-17,19-20,22,24,29-30,34,36,43-44H,3-4,6,8-9,12,15,18,21,23,25-28,31-33H2,1-2H3,(H,42,45)/b7-5-,11-10-,14-13-,17-16-,20-19-,24-22-/t36-/m0/s1. The van der Waals surface area contributed by atoms with Gasteiger partial charge in [0.1, 0.15) is 19.3 Å². The number of rotatable bonds is 27. The Kier molecular flexibility index (Phi) is 25.9. The number of phenols is 2. The molecular weight excluding hydrogens is 618 g/mol. The summed E-state index contributed by atoms with van der Waals surface area (Å²) in [6.45, 7) is 4.07. The minimum absolute atomic E-state index is 0.0515. The molecule has 0 saturated carbocycles. The van der Waals surface area contributed by atoms with Crippen LogP contribution in [0.2, 0.25) is 0 Å². The van der Waals surface area contributed by atoms with Gasteiger partial charge in [0.15, 0.2) is 11.5 Å². The average Bonchev–Trinajstić information content (AvgIpc) is 3.08. The van der Waals surface area contributed by atoms with Crippen LogP contribution in [0.25, 0.3) is 0 Å². The molecule has 49 heavy (non-hydrogen) atoms. The Balaban J connectivity index is 2.40. The molecule has 1 aromatic carbocycles. The lowest BCUT2D eigenvalue weighted by Gasteiger charge is -2.18. The molecule has 3 N–H and O–H groups in total. The van der Waals surface area contributed by atoms with Crippen molar-refractivity contribution in [1.82, 2.24) is 5.32 Å². The molecule has 270 valence electrons. The minimum Gasteiger partial charge on any atom is -0.504 e. The van der Waals surface area contributed by atoms with Gasteiger partial charge in [-0.2, -0.15) is 0 Å². The SMILES string of the molecule is CC/C=C\C/C=C\C/C=C\C/C=C\C/C=C\C/C=C\CCC(=O)N[C@@H](Cc1ccc(O)c(O)c1)C(=O)OCCOC(=O)CCCCCCC. The van der Waals surface area contributed by atoms with Gasteiger partial charge in [0, 0.05) is 19.3 Å². The number of amides is 1. The summed E-state index contributed by atoms with van der Waals surface area (Å²) < 4.78 is 10.5. The second kappa shape index (κ2) is 29.8. The zero-order chi connectivity index (χ0) is 35.8. The first-order valence-electron chi connectivity index (χ1n) is 17.9. The van der Waals surface area contributed by atoms with Gasteiger partial charge in [-0.3, -0.25) is 9.59 Å². The van der Waals surface area contributed by atoms with E-state index in [0.29, 0.717) is 18.4 Å². The highest BCUT2D eigenvalue weighted by molar-refractivity contribution is 5.84. The fourth-order valence-electron chi connectivity index (χ4n) is 4.59. The number of carbonyl (C=O) groups is 3. The number of ether oxygens (including phenoxy) is 2. The third kappa shape index (κ3) is 24.5. The Morgan fingerprint density at radius 2 is 1.22 bits per heavy atom. The topological polar surface area (TPSA) is 122 Å². The molecule has 0 spiro atoms. The van der Waals surface area contributed by atoms with Crippen LogP contribution in [0, 0.1) is 0 Å². The summed E-state index contributed by atoms with van der Waals surface area (Å²) in [6, 6.07) is 3.19. The lowest BCUT2D eigenvalue weighted by molar-refractivity contribution is -0.154. The number of nitrogens with one attached hydrogen (secondary N) is 1. The van der Waals surface area contributed by atoms with Crippen LogP contribution in [0.15, 0.2) is 91.1 Å². The first-order chi connectivity index (χ1) is 23.9. The van der Waals surface area contributed by atoms with E-state index in [0.717, 1.165) is 70.6 Å². The number of aromatic hydroxyl groups is 2. The van der Waals surface area contributed by atoms with E-state index in [1.54, 1.807) is 6.07 Å². The van der Waals surface area contributed by atoms with Crippen LogP contribution in [0.1, 0.15) is 109 Å². The van der Waals surface area contributed by atoms with Gasteiger partial charge in [-0.15, -0.1) is 0 Å². The van der Waals surface area contributed by atoms with E-state index in [-0.39, 0.29) is 49.4 Å². The summed E-state index contributed by atoms with van der Waals surface area (Å²) in [5.74, 6) is -1.93. The lowest BCUT2D eigenvalue weighted by Crippen LogP contribution is -2.43. The second-order valence-corrected chi connectivity index (χ2v) is 11.7. The maximum atomic E-state index is 12.9. The number of phenolic OH excluding ortho intramolecular Hbond substituents is 2. The molecule has 0 unspecified atom stereocenters. The van der Waals surface area contributed by atoms with Crippen LogP contribution in [0.4, 0.5) is 0 Å². The van der Waals surface area contributed by atoms with Gasteiger partial charge in [-0.25, -0.2) is 4.79 Å². The molecule has 0 bridgehead atoms. The maximum Gasteiger partial charge on any atom is 0.329 e. The van der Waals surface area contributed by atoms with Gasteiger partial charge in [0.05, 0.1) is 0 Å². The van der Waals surface area contributed by atoms with Crippen LogP contribution >= 0.6 is 0 Å². The molecule has 1 amide bonds. The number of unbranched alkanes of at least 4 members (excludes halogenated alkanes) is 4. The molecule has 0 aliphatic carbocycles. The van der Waals surface area contributed by atoms with Crippen molar-refractivity contribution in [2.24, 2.45) is 0 Å². The Bertz CT molecular complexity index is 1240. The van der Waals surface area contributed by atoms with Crippen LogP contribution < -0.4 is 5.32 Å². The van der Waals surface area contributed by atoms with Crippen LogP contribution in [-0.4, -0.2) is 47.3 Å². The monoisotopic (exact) mass is 677 g/mol. The van der Waals surface area contributed by atoms with Crippen LogP contribution in [-0.2, 0) is 30.3 Å². The van der Waals surface area contributed by atoms with E-state index >= 15 is 0 Å². The van der Waals surface area contributed by atoms with E-state index in [1.165, 1.54) is 12.1 Å². The van der Waals surface area contributed by atoms with Crippen molar-refractivity contribution in [2.75, 3.05) is 13.2 Å². The molecule has 1 atom stereocenters. The van der Waals surface area contributed by atoms with Crippen LogP contribution in [0.5, 0.6) is 11.5 Å². The Labute approximate surface area is 294 Å². The van der Waals surface area contributed by atoms with Crippen molar-refractivity contribution in [1.29, 1.82) is 0 Å². The van der Waals surface area contributed by atoms with Gasteiger partial charge in [-0.05, 0) is 69.1 Å². The van der Waals surface area contributed by atoms with Crippen molar-refractivity contribution in [3.8, 4) is 11.5 Å². The maximum absolute atomic E-state index is 12.9. The van der Waals surface area contributed by atoms with E-state index in [9.17, 15) is 24.6 Å². The Morgan fingerprint density at radius 1 is 0.673 bits per heavy atom. The molecule has 0 aromatic heterocycles. The number of esters is 2. The normalized spacial score (nSPS) is 12.7. The highest BCUT2D eigenvalue weighted by Crippen LogP contribution is 2.25. The molecule has 0 fully saturated rings. The second-order valence-electron chi connectivity index (χ2n) is 11.7. The molecule has 0 saturated heterocycles. The third-order valence-electron chi connectivity index (χ3n) is 7.31.